The van der Waals surface area contributed by atoms with Crippen molar-refractivity contribution in [3.8, 4) is 0 Å². The number of aliphatic hydroxyl groups is 1. The molecule has 8 aliphatic carbocycles. The highest BCUT2D eigenvalue weighted by Gasteiger charge is 2.82. The number of carboxylic acids is 1. The molecule has 8 aliphatic rings. The summed E-state index contributed by atoms with van der Waals surface area (Å²) in [6.07, 6.45) is 6.95. The van der Waals surface area contributed by atoms with Crippen LogP contribution in [-0.4, -0.2) is 80.4 Å². The fraction of sp³-hybridized carbons (Fsp3) is 0.593. The third-order valence-electron chi connectivity index (χ3n) is 19.8. The van der Waals surface area contributed by atoms with Crippen molar-refractivity contribution in [3.05, 3.63) is 95.9 Å². The first-order valence-electron chi connectivity index (χ1n) is 24.3. The standard InChI is InChI=1S/C54H60F2O13/c1-27-19-37-35-22-30(4)54(69-44(61)40-12-10-18-66-40,49(35,7)25-41(59)51(37,55)47(5)15-13-31(57)23-33(27)47)46(64)67-42-26-50(8)36(21-29(3)53(50,45(62)63)68-43(60)39-11-9-17-65-39)38-20-28(2)34-24-32(58)14-16-48(34,6)52(38,42)56/h9-18,23-24,27-30,35-38,41-42,59H,19-22,25-26H2,1-8H3,(H,62,63)/t27-,28-,29+,30+,35-,36-,37-,38-,41-,42-,47-,48-,49-,50-,51-,52-,53-,54-/m0/s1. The fourth-order valence-corrected chi connectivity index (χ4v) is 16.7. The third-order valence-corrected chi connectivity index (χ3v) is 19.8. The number of carboxylic acid groups (broad SMARTS) is 1. The number of carbonyl (C=O) groups excluding carboxylic acids is 5. The summed E-state index contributed by atoms with van der Waals surface area (Å²) in [6.45, 7) is 13.7. The molecule has 2 heterocycles. The van der Waals surface area contributed by atoms with Crippen LogP contribution in [0.1, 0.15) is 115 Å². The number of furan rings is 2. The summed E-state index contributed by atoms with van der Waals surface area (Å²) in [7, 11) is 0. The molecule has 0 unspecified atom stereocenters. The van der Waals surface area contributed by atoms with E-state index in [0.29, 0.717) is 11.1 Å². The molecule has 0 aliphatic heterocycles. The van der Waals surface area contributed by atoms with E-state index in [1.54, 1.807) is 41.5 Å². The van der Waals surface area contributed by atoms with E-state index in [1.807, 2.05) is 13.8 Å². The normalized spacial score (nSPS) is 47.0. The lowest BCUT2D eigenvalue weighted by Gasteiger charge is -2.65. The Morgan fingerprint density at radius 3 is 1.58 bits per heavy atom. The highest BCUT2D eigenvalue weighted by molar-refractivity contribution is 6.02. The molecular weight excluding hydrogens is 895 g/mol. The average molecular weight is 955 g/mol. The lowest BCUT2D eigenvalue weighted by molar-refractivity contribution is -0.255. The predicted molar refractivity (Wildman–Crippen MR) is 240 cm³/mol. The fourth-order valence-electron chi connectivity index (χ4n) is 16.7. The molecule has 2 aromatic rings. The highest BCUT2D eigenvalue weighted by atomic mass is 19.1. The van der Waals surface area contributed by atoms with Crippen molar-refractivity contribution in [1.29, 1.82) is 0 Å². The van der Waals surface area contributed by atoms with Crippen molar-refractivity contribution >= 4 is 35.4 Å². The van der Waals surface area contributed by atoms with Gasteiger partial charge in [0.2, 0.25) is 22.7 Å². The number of rotatable bonds is 7. The van der Waals surface area contributed by atoms with Crippen LogP contribution in [0.4, 0.5) is 8.78 Å². The van der Waals surface area contributed by atoms with Gasteiger partial charge in [0.15, 0.2) is 22.9 Å². The molecular formula is C54H60F2O13. The minimum atomic E-state index is -2.54. The van der Waals surface area contributed by atoms with Gasteiger partial charge in [-0.2, -0.15) is 0 Å². The van der Waals surface area contributed by atoms with Crippen LogP contribution < -0.4 is 0 Å². The maximum absolute atomic E-state index is 20.0. The number of fused-ring (bicyclic) bond motifs is 10. The summed E-state index contributed by atoms with van der Waals surface area (Å²) in [6, 6.07) is 5.62. The van der Waals surface area contributed by atoms with Crippen molar-refractivity contribution in [2.45, 2.75) is 129 Å². The Morgan fingerprint density at radius 2 is 1.10 bits per heavy atom. The van der Waals surface area contributed by atoms with Crippen molar-refractivity contribution in [2.75, 3.05) is 0 Å². The van der Waals surface area contributed by atoms with Gasteiger partial charge in [-0.1, -0.05) is 64.8 Å². The van der Waals surface area contributed by atoms with Gasteiger partial charge in [-0.05, 0) is 125 Å². The number of carbonyl (C=O) groups is 6. The number of aliphatic hydroxyl groups excluding tert-OH is 1. The number of esters is 3. The Morgan fingerprint density at radius 1 is 0.652 bits per heavy atom. The van der Waals surface area contributed by atoms with E-state index in [9.17, 15) is 34.2 Å². The third kappa shape index (κ3) is 5.70. The summed E-state index contributed by atoms with van der Waals surface area (Å²) < 4.78 is 68.8. The van der Waals surface area contributed by atoms with Crippen LogP contribution in [0.15, 0.2) is 93.2 Å². The van der Waals surface area contributed by atoms with Gasteiger partial charge in [-0.15, -0.1) is 0 Å². The molecule has 6 saturated carbocycles. The molecule has 0 bridgehead atoms. The summed E-state index contributed by atoms with van der Waals surface area (Å²) in [5.41, 5.74) is -14.7. The lowest BCUT2D eigenvalue weighted by atomic mass is 9.43. The molecule has 0 aromatic carbocycles. The highest BCUT2D eigenvalue weighted by Crippen LogP contribution is 2.75. The summed E-state index contributed by atoms with van der Waals surface area (Å²) in [5.74, 6) is -12.0. The van der Waals surface area contributed by atoms with Crippen LogP contribution in [0.25, 0.3) is 0 Å². The smallest absolute Gasteiger partial charge is 0.375 e. The first-order chi connectivity index (χ1) is 32.3. The van der Waals surface area contributed by atoms with E-state index in [-0.39, 0.29) is 54.7 Å². The Hall–Kier alpha value is -5.44. The molecule has 6 fully saturated rings. The molecule has 0 radical (unpaired) electrons. The van der Waals surface area contributed by atoms with Crippen molar-refractivity contribution in [3.63, 3.8) is 0 Å². The Bertz CT molecular complexity index is 2680. The van der Waals surface area contributed by atoms with Gasteiger partial charge in [-0.25, -0.2) is 28.0 Å². The summed E-state index contributed by atoms with van der Waals surface area (Å²) >= 11 is 0. The molecule has 18 atom stereocenters. The predicted octanol–water partition coefficient (Wildman–Crippen LogP) is 8.73. The lowest BCUT2D eigenvalue weighted by Crippen LogP contribution is -2.73. The Labute approximate surface area is 398 Å². The van der Waals surface area contributed by atoms with Gasteiger partial charge in [0.05, 0.1) is 18.6 Å². The monoisotopic (exact) mass is 954 g/mol. The van der Waals surface area contributed by atoms with Gasteiger partial charge in [-0.3, -0.25) is 9.59 Å². The summed E-state index contributed by atoms with van der Waals surface area (Å²) in [5, 5.41) is 23.8. The number of allylic oxidation sites excluding steroid dienone is 8. The van der Waals surface area contributed by atoms with Gasteiger partial charge in [0.25, 0.3) is 0 Å². The number of hydrogen-bond acceptors (Lipinski definition) is 12. The second-order valence-corrected chi connectivity index (χ2v) is 22.7. The molecule has 13 nitrogen and oxygen atoms in total. The van der Waals surface area contributed by atoms with Gasteiger partial charge < -0.3 is 33.3 Å². The molecule has 15 heteroatoms. The van der Waals surface area contributed by atoms with E-state index < -0.39 is 135 Å². The van der Waals surface area contributed by atoms with Crippen LogP contribution in [0, 0.1) is 69.0 Å². The zero-order valence-corrected chi connectivity index (χ0v) is 40.1. The van der Waals surface area contributed by atoms with Gasteiger partial charge >= 0.3 is 23.9 Å². The van der Waals surface area contributed by atoms with E-state index in [4.69, 9.17) is 23.0 Å². The average Bonchev–Trinajstić information content (AvgIpc) is 4.10. The van der Waals surface area contributed by atoms with Gasteiger partial charge in [0, 0.05) is 45.3 Å². The summed E-state index contributed by atoms with van der Waals surface area (Å²) in [4.78, 5) is 84.2. The van der Waals surface area contributed by atoms with Crippen LogP contribution >= 0.6 is 0 Å². The zero-order valence-electron chi connectivity index (χ0n) is 40.1. The Balaban J connectivity index is 1.13. The van der Waals surface area contributed by atoms with Gasteiger partial charge in [0.1, 0.15) is 6.10 Å². The van der Waals surface area contributed by atoms with Crippen LogP contribution in [-0.2, 0) is 33.4 Å². The number of ether oxygens (including phenoxy) is 3. The maximum atomic E-state index is 20.0. The Kier molecular flexibility index (Phi) is 10.3. The first kappa shape index (κ1) is 47.2. The number of hydrogen-bond donors (Lipinski definition) is 2. The topological polar surface area (TPSA) is 197 Å². The molecule has 368 valence electrons. The van der Waals surface area contributed by atoms with E-state index in [1.165, 1.54) is 73.2 Å². The second-order valence-electron chi connectivity index (χ2n) is 22.7. The largest absolute Gasteiger partial charge is 0.478 e. The van der Waals surface area contributed by atoms with Crippen molar-refractivity contribution in [1.82, 2.24) is 0 Å². The molecule has 69 heavy (non-hydrogen) atoms. The number of ketones is 2. The molecule has 0 spiro atoms. The zero-order chi connectivity index (χ0) is 49.8. The van der Waals surface area contributed by atoms with Crippen LogP contribution in [0.2, 0.25) is 0 Å². The molecule has 2 aromatic heterocycles. The number of alkyl halides is 2. The van der Waals surface area contributed by atoms with Crippen molar-refractivity contribution < 1.29 is 70.8 Å². The van der Waals surface area contributed by atoms with E-state index >= 15 is 13.6 Å². The maximum Gasteiger partial charge on any atom is 0.375 e. The van der Waals surface area contributed by atoms with Crippen LogP contribution in [0.5, 0.6) is 0 Å². The quantitative estimate of drug-likeness (QED) is 0.198. The van der Waals surface area contributed by atoms with Crippen LogP contribution in [0.3, 0.4) is 0 Å². The molecule has 10 rings (SSSR count). The number of halogens is 2. The van der Waals surface area contributed by atoms with Crippen molar-refractivity contribution in [2.24, 2.45) is 69.0 Å². The van der Waals surface area contributed by atoms with E-state index in [2.05, 4.69) is 0 Å². The molecule has 0 amide bonds. The van der Waals surface area contributed by atoms with E-state index in [0.717, 1.165) is 0 Å². The minimum absolute atomic E-state index is 0.105. The molecule has 2 N–H and O–H groups in total. The number of aliphatic carboxylic acids is 1. The molecule has 0 saturated heterocycles. The minimum Gasteiger partial charge on any atom is -0.478 e. The second kappa shape index (κ2) is 15.0. The SMILES string of the molecule is C[C@@H]1C[C@H]2[C@@H]3C[C@H](C)C4=CC(=O)C=C[C@]4(C)[C@@]3(F)[C@@H](OC(=O)[C@@]3(OC(=O)c4ccco4)[C@H](C)C[C@H]4[C@@H]5C[C@H](C)C6=CC(=O)C=C[C@]6(C)[C@@]5(F)[C@@H](O)C[C@@]43C)C[C@]2(C)[C@@]1(OC(=O)c1ccco1)C(=O)O. The first-order valence-corrected chi connectivity index (χ1v) is 24.3.